The van der Waals surface area contributed by atoms with Crippen molar-refractivity contribution in [1.29, 1.82) is 0 Å². The zero-order valence-corrected chi connectivity index (χ0v) is 17.8. The molecule has 2 N–H and O–H groups in total. The van der Waals surface area contributed by atoms with Gasteiger partial charge in [-0.05, 0) is 60.9 Å². The molecule has 0 spiro atoms. The summed E-state index contributed by atoms with van der Waals surface area (Å²) in [6.07, 6.45) is 1.82. The molecule has 0 saturated heterocycles. The fraction of sp³-hybridized carbons (Fsp3) is 0.240. The number of nitrogens with zero attached hydrogens (tertiary/aromatic N) is 2. The van der Waals surface area contributed by atoms with E-state index in [4.69, 9.17) is 21.8 Å². The van der Waals surface area contributed by atoms with Crippen LogP contribution in [0, 0.1) is 0 Å². The molecule has 1 heterocycles. The van der Waals surface area contributed by atoms with Crippen molar-refractivity contribution in [2.75, 3.05) is 13.2 Å². The lowest BCUT2D eigenvalue weighted by Crippen LogP contribution is -2.29. The van der Waals surface area contributed by atoms with Crippen LogP contribution in [0.4, 0.5) is 0 Å². The zero-order chi connectivity index (χ0) is 20.9. The Morgan fingerprint density at radius 1 is 1.00 bits per heavy atom. The Kier molecular flexibility index (Phi) is 6.48. The number of aliphatic hydroxyl groups excluding tert-OH is 1. The molecule has 4 nitrogen and oxygen atoms in total. The standard InChI is InChI=1S/C25H26ClN3O/c1-18(27-13-14-30)9-12-24-17-25(28-29(24)23-8-4-7-22(26)16-23)21-11-10-19-5-2-3-6-20(19)15-21/h2-8,10-11,15-18,27,30H,9,12-14H2,1H3. The van der Waals surface area contributed by atoms with Crippen LogP contribution in [-0.2, 0) is 6.42 Å². The van der Waals surface area contributed by atoms with Crippen LogP contribution in [0.25, 0.3) is 27.7 Å². The smallest absolute Gasteiger partial charge is 0.0930 e. The number of hydrogen-bond donors (Lipinski definition) is 2. The second-order valence-corrected chi connectivity index (χ2v) is 8.03. The van der Waals surface area contributed by atoms with Gasteiger partial charge in [-0.25, -0.2) is 4.68 Å². The van der Waals surface area contributed by atoms with E-state index in [1.54, 1.807) is 0 Å². The Bertz CT molecular complexity index is 1140. The largest absolute Gasteiger partial charge is 0.395 e. The van der Waals surface area contributed by atoms with Gasteiger partial charge in [-0.1, -0.05) is 54.1 Å². The number of nitrogens with one attached hydrogen (secondary N) is 1. The van der Waals surface area contributed by atoms with Crippen LogP contribution < -0.4 is 5.32 Å². The van der Waals surface area contributed by atoms with E-state index in [-0.39, 0.29) is 6.61 Å². The first-order chi connectivity index (χ1) is 14.6. The number of rotatable bonds is 8. The molecule has 3 aromatic carbocycles. The van der Waals surface area contributed by atoms with E-state index in [1.165, 1.54) is 10.8 Å². The third kappa shape index (κ3) is 4.73. The number of fused-ring (bicyclic) bond motifs is 1. The fourth-order valence-corrected chi connectivity index (χ4v) is 3.88. The highest BCUT2D eigenvalue weighted by atomic mass is 35.5. The molecule has 154 valence electrons. The van der Waals surface area contributed by atoms with Crippen molar-refractivity contribution in [3.63, 3.8) is 0 Å². The molecular weight excluding hydrogens is 394 g/mol. The van der Waals surface area contributed by atoms with Gasteiger partial charge >= 0.3 is 0 Å². The van der Waals surface area contributed by atoms with Crippen LogP contribution >= 0.6 is 11.6 Å². The first-order valence-electron chi connectivity index (χ1n) is 10.3. The number of aliphatic hydroxyl groups is 1. The molecule has 0 aliphatic heterocycles. The molecule has 0 saturated carbocycles. The first kappa shape index (κ1) is 20.6. The Morgan fingerprint density at radius 3 is 2.63 bits per heavy atom. The molecule has 5 heteroatoms. The summed E-state index contributed by atoms with van der Waals surface area (Å²) in [5.41, 5.74) is 4.15. The molecule has 0 fully saturated rings. The topological polar surface area (TPSA) is 50.1 Å². The van der Waals surface area contributed by atoms with Gasteiger partial charge in [-0.15, -0.1) is 0 Å². The summed E-state index contributed by atoms with van der Waals surface area (Å²) in [5, 5.41) is 20.4. The molecule has 1 unspecified atom stereocenters. The third-order valence-corrected chi connectivity index (χ3v) is 5.55. The minimum absolute atomic E-state index is 0.150. The molecule has 0 aliphatic rings. The Labute approximate surface area is 182 Å². The summed E-state index contributed by atoms with van der Waals surface area (Å²) in [6.45, 7) is 2.90. The van der Waals surface area contributed by atoms with Gasteiger partial charge in [0.15, 0.2) is 0 Å². The minimum atomic E-state index is 0.150. The van der Waals surface area contributed by atoms with E-state index in [0.717, 1.165) is 35.5 Å². The lowest BCUT2D eigenvalue weighted by atomic mass is 10.0. The Morgan fingerprint density at radius 2 is 1.83 bits per heavy atom. The van der Waals surface area contributed by atoms with Gasteiger partial charge in [0, 0.05) is 28.9 Å². The number of aryl methyl sites for hydroxylation is 1. The summed E-state index contributed by atoms with van der Waals surface area (Å²) in [4.78, 5) is 0. The lowest BCUT2D eigenvalue weighted by Gasteiger charge is -2.13. The van der Waals surface area contributed by atoms with E-state index >= 15 is 0 Å². The van der Waals surface area contributed by atoms with Crippen molar-refractivity contribution in [3.8, 4) is 16.9 Å². The summed E-state index contributed by atoms with van der Waals surface area (Å²) in [5.74, 6) is 0. The Balaban J connectivity index is 1.69. The van der Waals surface area contributed by atoms with Crippen molar-refractivity contribution in [1.82, 2.24) is 15.1 Å². The molecule has 0 bridgehead atoms. The molecule has 4 aromatic rings. The maximum atomic E-state index is 9.03. The van der Waals surface area contributed by atoms with Gasteiger partial charge in [0.1, 0.15) is 0 Å². The van der Waals surface area contributed by atoms with Gasteiger partial charge in [-0.3, -0.25) is 0 Å². The number of benzene rings is 3. The average molecular weight is 420 g/mol. The Hall–Kier alpha value is -2.66. The molecule has 1 aromatic heterocycles. The van der Waals surface area contributed by atoms with Gasteiger partial charge < -0.3 is 10.4 Å². The van der Waals surface area contributed by atoms with E-state index in [1.807, 2.05) is 28.9 Å². The second-order valence-electron chi connectivity index (χ2n) is 7.59. The molecular formula is C25H26ClN3O. The fourth-order valence-electron chi connectivity index (χ4n) is 3.70. The van der Waals surface area contributed by atoms with E-state index < -0.39 is 0 Å². The van der Waals surface area contributed by atoms with Crippen molar-refractivity contribution >= 4 is 22.4 Å². The van der Waals surface area contributed by atoms with Crippen molar-refractivity contribution < 1.29 is 5.11 Å². The van der Waals surface area contributed by atoms with E-state index in [0.29, 0.717) is 17.6 Å². The van der Waals surface area contributed by atoms with Crippen molar-refractivity contribution in [2.45, 2.75) is 25.8 Å². The number of halogens is 1. The highest BCUT2D eigenvalue weighted by Gasteiger charge is 2.13. The van der Waals surface area contributed by atoms with Crippen LogP contribution in [-0.4, -0.2) is 34.1 Å². The first-order valence-corrected chi connectivity index (χ1v) is 10.7. The quantitative estimate of drug-likeness (QED) is 0.410. The predicted molar refractivity (Wildman–Crippen MR) is 124 cm³/mol. The average Bonchev–Trinajstić information content (AvgIpc) is 3.20. The van der Waals surface area contributed by atoms with Gasteiger partial charge in [0.2, 0.25) is 0 Å². The lowest BCUT2D eigenvalue weighted by molar-refractivity contribution is 0.284. The maximum Gasteiger partial charge on any atom is 0.0930 e. The minimum Gasteiger partial charge on any atom is -0.395 e. The third-order valence-electron chi connectivity index (χ3n) is 5.32. The molecule has 30 heavy (non-hydrogen) atoms. The zero-order valence-electron chi connectivity index (χ0n) is 17.1. The molecule has 4 rings (SSSR count). The van der Waals surface area contributed by atoms with Crippen LogP contribution in [0.3, 0.4) is 0 Å². The number of hydrogen-bond acceptors (Lipinski definition) is 3. The highest BCUT2D eigenvalue weighted by Crippen LogP contribution is 2.27. The summed E-state index contributed by atoms with van der Waals surface area (Å²) in [7, 11) is 0. The second kappa shape index (κ2) is 9.43. The molecule has 0 radical (unpaired) electrons. The normalized spacial score (nSPS) is 12.4. The van der Waals surface area contributed by atoms with Crippen molar-refractivity contribution in [3.05, 3.63) is 83.5 Å². The monoisotopic (exact) mass is 419 g/mol. The van der Waals surface area contributed by atoms with Crippen LogP contribution in [0.15, 0.2) is 72.8 Å². The summed E-state index contributed by atoms with van der Waals surface area (Å²) < 4.78 is 2.00. The summed E-state index contributed by atoms with van der Waals surface area (Å²) in [6, 6.07) is 25.1. The summed E-state index contributed by atoms with van der Waals surface area (Å²) >= 11 is 6.25. The SMILES string of the molecule is CC(CCc1cc(-c2ccc3ccccc3c2)nn1-c1cccc(Cl)c1)NCCO. The van der Waals surface area contributed by atoms with Crippen LogP contribution in [0.1, 0.15) is 19.0 Å². The van der Waals surface area contributed by atoms with Gasteiger partial charge in [0.05, 0.1) is 18.0 Å². The van der Waals surface area contributed by atoms with Gasteiger partial charge in [0.25, 0.3) is 0 Å². The van der Waals surface area contributed by atoms with Gasteiger partial charge in [-0.2, -0.15) is 5.10 Å². The van der Waals surface area contributed by atoms with Crippen LogP contribution in [0.5, 0.6) is 0 Å². The van der Waals surface area contributed by atoms with E-state index in [2.05, 4.69) is 60.8 Å². The molecule has 0 aliphatic carbocycles. The highest BCUT2D eigenvalue weighted by molar-refractivity contribution is 6.30. The van der Waals surface area contributed by atoms with Crippen molar-refractivity contribution in [2.24, 2.45) is 0 Å². The van der Waals surface area contributed by atoms with E-state index in [9.17, 15) is 0 Å². The number of aromatic nitrogens is 2. The molecule has 0 amide bonds. The maximum absolute atomic E-state index is 9.03. The molecule has 1 atom stereocenters. The van der Waals surface area contributed by atoms with Crippen LogP contribution in [0.2, 0.25) is 5.02 Å². The predicted octanol–water partition coefficient (Wildman–Crippen LogP) is 5.25.